The van der Waals surface area contributed by atoms with E-state index in [0.29, 0.717) is 12.0 Å². The first-order valence-corrected chi connectivity index (χ1v) is 7.89. The Morgan fingerprint density at radius 2 is 1.95 bits per heavy atom. The third-order valence-electron chi connectivity index (χ3n) is 3.56. The highest BCUT2D eigenvalue weighted by Gasteiger charge is 2.15. The fraction of sp³-hybridized carbons (Fsp3) is 0.647. The Balaban J connectivity index is 2.73. The first-order chi connectivity index (χ1) is 9.02. The molecule has 0 aliphatic rings. The van der Waals surface area contributed by atoms with E-state index in [0.717, 1.165) is 17.5 Å². The molecule has 2 atom stereocenters. The maximum atomic E-state index is 6.13. The van der Waals surface area contributed by atoms with Crippen LogP contribution in [0.15, 0.2) is 24.3 Å². The summed E-state index contributed by atoms with van der Waals surface area (Å²) in [5.74, 6) is 1.32. The van der Waals surface area contributed by atoms with Crippen LogP contribution in [-0.4, -0.2) is 12.6 Å². The van der Waals surface area contributed by atoms with Crippen molar-refractivity contribution in [2.24, 2.45) is 5.92 Å². The zero-order valence-electron chi connectivity index (χ0n) is 12.7. The summed E-state index contributed by atoms with van der Waals surface area (Å²) >= 11 is 6.13. The minimum absolute atomic E-state index is 0.531. The molecule has 0 radical (unpaired) electrons. The van der Waals surface area contributed by atoms with Gasteiger partial charge in [-0.1, -0.05) is 64.3 Å². The van der Waals surface area contributed by atoms with E-state index in [2.05, 4.69) is 51.2 Å². The lowest BCUT2D eigenvalue weighted by Gasteiger charge is -2.23. The molecule has 0 aliphatic heterocycles. The van der Waals surface area contributed by atoms with E-state index in [4.69, 9.17) is 11.6 Å². The van der Waals surface area contributed by atoms with Crippen LogP contribution in [0.2, 0.25) is 5.02 Å². The predicted octanol–water partition coefficient (Wildman–Crippen LogP) is 5.25. The highest BCUT2D eigenvalue weighted by Crippen LogP contribution is 2.27. The van der Waals surface area contributed by atoms with Crippen LogP contribution in [0.25, 0.3) is 0 Å². The Morgan fingerprint density at radius 1 is 1.21 bits per heavy atom. The molecular weight excluding hydrogens is 254 g/mol. The van der Waals surface area contributed by atoms with Gasteiger partial charge in [0.15, 0.2) is 0 Å². The minimum atomic E-state index is 0.531. The summed E-state index contributed by atoms with van der Waals surface area (Å²) < 4.78 is 0. The normalized spacial score (nSPS) is 14.6. The third kappa shape index (κ3) is 6.44. The van der Waals surface area contributed by atoms with Crippen LogP contribution >= 0.6 is 11.6 Å². The van der Waals surface area contributed by atoms with Gasteiger partial charge in [0.2, 0.25) is 0 Å². The number of hydrogen-bond acceptors (Lipinski definition) is 1. The molecule has 0 bridgehead atoms. The second-order valence-electron chi connectivity index (χ2n) is 5.94. The highest BCUT2D eigenvalue weighted by atomic mass is 35.5. The van der Waals surface area contributed by atoms with Gasteiger partial charge in [-0.3, -0.25) is 0 Å². The summed E-state index contributed by atoms with van der Waals surface area (Å²) in [4.78, 5) is 0. The van der Waals surface area contributed by atoms with Crippen LogP contribution in [0, 0.1) is 5.92 Å². The molecule has 108 valence electrons. The molecule has 0 spiro atoms. The summed E-state index contributed by atoms with van der Waals surface area (Å²) in [5, 5.41) is 4.41. The van der Waals surface area contributed by atoms with Crippen molar-refractivity contribution in [3.63, 3.8) is 0 Å². The van der Waals surface area contributed by atoms with Gasteiger partial charge in [0, 0.05) is 17.6 Å². The Bertz CT molecular complexity index is 362. The van der Waals surface area contributed by atoms with Crippen molar-refractivity contribution < 1.29 is 0 Å². The maximum absolute atomic E-state index is 6.13. The molecule has 2 heteroatoms. The molecule has 0 amide bonds. The minimum Gasteiger partial charge on any atom is -0.314 e. The molecule has 2 unspecified atom stereocenters. The lowest BCUT2D eigenvalue weighted by molar-refractivity contribution is 0.410. The quantitative estimate of drug-likeness (QED) is 0.686. The predicted molar refractivity (Wildman–Crippen MR) is 86.0 cm³/mol. The van der Waals surface area contributed by atoms with E-state index in [1.165, 1.54) is 24.8 Å². The molecule has 1 aromatic carbocycles. The fourth-order valence-corrected chi connectivity index (χ4v) is 2.77. The Hall–Kier alpha value is -0.530. The number of nitrogens with one attached hydrogen (secondary N) is 1. The molecule has 1 rings (SSSR count). The molecule has 0 fully saturated rings. The monoisotopic (exact) mass is 281 g/mol. The van der Waals surface area contributed by atoms with E-state index < -0.39 is 0 Å². The van der Waals surface area contributed by atoms with Gasteiger partial charge in [0.1, 0.15) is 0 Å². The molecule has 1 N–H and O–H groups in total. The zero-order valence-corrected chi connectivity index (χ0v) is 13.5. The van der Waals surface area contributed by atoms with Crippen molar-refractivity contribution in [1.29, 1.82) is 0 Å². The van der Waals surface area contributed by atoms with Crippen molar-refractivity contribution in [2.45, 2.75) is 58.9 Å². The van der Waals surface area contributed by atoms with E-state index in [9.17, 15) is 0 Å². The molecular formula is C17H28ClN. The smallest absolute Gasteiger partial charge is 0.0408 e. The fourth-order valence-electron chi connectivity index (χ4n) is 2.57. The van der Waals surface area contributed by atoms with Crippen molar-refractivity contribution in [1.82, 2.24) is 5.32 Å². The average molecular weight is 282 g/mol. The maximum Gasteiger partial charge on any atom is 0.0408 e. The first kappa shape index (κ1) is 16.5. The molecule has 19 heavy (non-hydrogen) atoms. The van der Waals surface area contributed by atoms with E-state index in [1.807, 2.05) is 6.07 Å². The van der Waals surface area contributed by atoms with Gasteiger partial charge in [0.05, 0.1) is 0 Å². The topological polar surface area (TPSA) is 12.0 Å². The molecule has 0 heterocycles. The highest BCUT2D eigenvalue weighted by molar-refractivity contribution is 6.30. The van der Waals surface area contributed by atoms with Crippen LogP contribution in [-0.2, 0) is 0 Å². The second-order valence-corrected chi connectivity index (χ2v) is 6.38. The van der Waals surface area contributed by atoms with Gasteiger partial charge in [-0.25, -0.2) is 0 Å². The van der Waals surface area contributed by atoms with Gasteiger partial charge in [0.25, 0.3) is 0 Å². The van der Waals surface area contributed by atoms with E-state index >= 15 is 0 Å². The van der Waals surface area contributed by atoms with Crippen molar-refractivity contribution in [3.05, 3.63) is 34.9 Å². The van der Waals surface area contributed by atoms with Gasteiger partial charge in [-0.15, -0.1) is 0 Å². The molecule has 0 aliphatic carbocycles. The zero-order chi connectivity index (χ0) is 14.3. The van der Waals surface area contributed by atoms with Crippen LogP contribution < -0.4 is 5.32 Å². The summed E-state index contributed by atoms with van der Waals surface area (Å²) in [6, 6.07) is 8.87. The van der Waals surface area contributed by atoms with Crippen LogP contribution in [0.3, 0.4) is 0 Å². The summed E-state index contributed by atoms with van der Waals surface area (Å²) in [7, 11) is 0. The molecule has 0 aromatic heterocycles. The van der Waals surface area contributed by atoms with Gasteiger partial charge >= 0.3 is 0 Å². The first-order valence-electron chi connectivity index (χ1n) is 7.51. The lowest BCUT2D eigenvalue weighted by Crippen LogP contribution is -2.28. The number of rotatable bonds is 8. The average Bonchev–Trinajstić information content (AvgIpc) is 2.34. The summed E-state index contributed by atoms with van der Waals surface area (Å²) in [6.07, 6.45) is 3.80. The summed E-state index contributed by atoms with van der Waals surface area (Å²) in [5.41, 5.74) is 1.36. The molecule has 1 nitrogen and oxygen atoms in total. The standard InChI is InChI=1S/C17H28ClN/c1-5-7-14(4)10-16(12-19-13(2)3)15-8-6-9-17(18)11-15/h6,8-9,11,13-14,16,19H,5,7,10,12H2,1-4H3. The van der Waals surface area contributed by atoms with Crippen molar-refractivity contribution >= 4 is 11.6 Å². The number of hydrogen-bond donors (Lipinski definition) is 1. The Kier molecular flexibility index (Phi) is 7.48. The molecule has 0 saturated carbocycles. The number of halogens is 1. The van der Waals surface area contributed by atoms with Crippen molar-refractivity contribution in [2.75, 3.05) is 6.54 Å². The number of benzene rings is 1. The van der Waals surface area contributed by atoms with E-state index in [-0.39, 0.29) is 0 Å². The third-order valence-corrected chi connectivity index (χ3v) is 3.80. The lowest BCUT2D eigenvalue weighted by atomic mass is 9.87. The van der Waals surface area contributed by atoms with E-state index in [1.54, 1.807) is 0 Å². The largest absolute Gasteiger partial charge is 0.314 e. The van der Waals surface area contributed by atoms with Gasteiger partial charge < -0.3 is 5.32 Å². The Labute approximate surface area is 123 Å². The van der Waals surface area contributed by atoms with Crippen molar-refractivity contribution in [3.8, 4) is 0 Å². The SMILES string of the molecule is CCCC(C)CC(CNC(C)C)c1cccc(Cl)c1. The van der Waals surface area contributed by atoms with Crippen LogP contribution in [0.1, 0.15) is 58.4 Å². The summed E-state index contributed by atoms with van der Waals surface area (Å²) in [6.45, 7) is 10.1. The van der Waals surface area contributed by atoms with Crippen LogP contribution in [0.5, 0.6) is 0 Å². The Morgan fingerprint density at radius 3 is 2.53 bits per heavy atom. The van der Waals surface area contributed by atoms with Gasteiger partial charge in [-0.2, -0.15) is 0 Å². The molecule has 0 saturated heterocycles. The van der Waals surface area contributed by atoms with Crippen LogP contribution in [0.4, 0.5) is 0 Å². The van der Waals surface area contributed by atoms with Gasteiger partial charge in [-0.05, 0) is 36.0 Å². The second kappa shape index (κ2) is 8.60. The molecule has 1 aromatic rings.